The molecule has 5 fully saturated rings. The average molecular weight is 376 g/mol. The van der Waals surface area contributed by atoms with Gasteiger partial charge in [0.15, 0.2) is 11.9 Å². The van der Waals surface area contributed by atoms with Crippen LogP contribution >= 0.6 is 0 Å². The van der Waals surface area contributed by atoms with Crippen LogP contribution in [0.4, 0.5) is 4.79 Å². The highest BCUT2D eigenvalue weighted by Crippen LogP contribution is 2.60. The molecule has 5 aliphatic carbocycles. The maximum absolute atomic E-state index is 13.2. The van der Waals surface area contributed by atoms with E-state index in [1.54, 1.807) is 6.92 Å². The molecule has 5 saturated carbocycles. The molecule has 27 heavy (non-hydrogen) atoms. The molecule has 0 aromatic heterocycles. The predicted molar refractivity (Wildman–Crippen MR) is 99.6 cm³/mol. The topological polar surface area (TPSA) is 98.5 Å². The van der Waals surface area contributed by atoms with Crippen molar-refractivity contribution in [2.24, 2.45) is 34.8 Å². The van der Waals surface area contributed by atoms with Crippen LogP contribution in [0.1, 0.15) is 71.1 Å². The summed E-state index contributed by atoms with van der Waals surface area (Å²) in [5, 5.41) is 2.71. The van der Waals surface area contributed by atoms with Crippen LogP contribution in [0.3, 0.4) is 0 Å². The number of amides is 2. The Bertz CT molecular complexity index is 588. The number of urea groups is 1. The summed E-state index contributed by atoms with van der Waals surface area (Å²) >= 11 is 0. The van der Waals surface area contributed by atoms with Gasteiger partial charge in [-0.1, -0.05) is 0 Å². The Morgan fingerprint density at radius 2 is 1.48 bits per heavy atom. The molecule has 0 heterocycles. The van der Waals surface area contributed by atoms with E-state index < -0.39 is 12.1 Å². The van der Waals surface area contributed by atoms with E-state index in [0.717, 1.165) is 32.1 Å². The number of Topliss-reactive ketones (excluding diaryl/α,β-unsaturated/α-hetero) is 1. The van der Waals surface area contributed by atoms with Crippen molar-refractivity contribution < 1.29 is 19.1 Å². The van der Waals surface area contributed by atoms with Gasteiger partial charge in [-0.15, -0.1) is 0 Å². The minimum atomic E-state index is -0.643. The number of carbonyl (C=O) groups is 3. The summed E-state index contributed by atoms with van der Waals surface area (Å²) in [4.78, 5) is 36.8. The minimum absolute atomic E-state index is 0.0395. The van der Waals surface area contributed by atoms with Gasteiger partial charge in [-0.25, -0.2) is 4.79 Å². The largest absolute Gasteiger partial charge is 0.454 e. The van der Waals surface area contributed by atoms with Gasteiger partial charge in [-0.3, -0.25) is 9.59 Å². The summed E-state index contributed by atoms with van der Waals surface area (Å²) in [6.45, 7) is 1.76. The molecule has 0 aliphatic heterocycles. The van der Waals surface area contributed by atoms with Gasteiger partial charge in [-0.2, -0.15) is 0 Å². The van der Waals surface area contributed by atoms with Crippen molar-refractivity contribution in [3.05, 3.63) is 0 Å². The average Bonchev–Trinajstić information content (AvgIpc) is 2.60. The fourth-order valence-corrected chi connectivity index (χ4v) is 6.84. The Morgan fingerprint density at radius 1 is 0.963 bits per heavy atom. The number of hydrogen-bond acceptors (Lipinski definition) is 4. The number of rotatable bonds is 5. The molecule has 3 N–H and O–H groups in total. The van der Waals surface area contributed by atoms with Gasteiger partial charge in [-0.05, 0) is 88.9 Å². The molecule has 0 aromatic rings. The molecule has 5 aliphatic rings. The number of hydrogen-bond donors (Lipinski definition) is 2. The Labute approximate surface area is 161 Å². The lowest BCUT2D eigenvalue weighted by atomic mass is 9.48. The highest BCUT2D eigenvalue weighted by molar-refractivity contribution is 5.91. The third-order valence-corrected chi connectivity index (χ3v) is 7.63. The number of ether oxygens (including phenoxy) is 1. The molecule has 4 bridgehead atoms. The summed E-state index contributed by atoms with van der Waals surface area (Å²) in [7, 11) is 0. The number of carbonyl (C=O) groups excluding carboxylic acids is 3. The molecular formula is C21H32N2O4. The zero-order chi connectivity index (χ0) is 19.2. The maximum atomic E-state index is 13.2. The molecule has 0 saturated heterocycles. The first kappa shape index (κ1) is 18.8. The molecule has 0 radical (unpaired) electrons. The van der Waals surface area contributed by atoms with E-state index in [2.05, 4.69) is 5.32 Å². The molecule has 1 unspecified atom stereocenters. The summed E-state index contributed by atoms with van der Waals surface area (Å²) in [6.07, 6.45) is 9.03. The second kappa shape index (κ2) is 7.10. The second-order valence-electron chi connectivity index (χ2n) is 9.70. The van der Waals surface area contributed by atoms with Gasteiger partial charge in [0.1, 0.15) is 0 Å². The molecule has 6 nitrogen and oxygen atoms in total. The summed E-state index contributed by atoms with van der Waals surface area (Å²) in [6, 6.07) is -0.478. The van der Waals surface area contributed by atoms with E-state index in [4.69, 9.17) is 10.5 Å². The van der Waals surface area contributed by atoms with Crippen molar-refractivity contribution in [3.8, 4) is 0 Å². The van der Waals surface area contributed by atoms with Crippen molar-refractivity contribution in [1.82, 2.24) is 5.32 Å². The zero-order valence-corrected chi connectivity index (χ0v) is 16.2. The maximum Gasteiger partial charge on any atom is 0.312 e. The molecular weight excluding hydrogens is 344 g/mol. The van der Waals surface area contributed by atoms with E-state index in [0.29, 0.717) is 30.6 Å². The van der Waals surface area contributed by atoms with Crippen molar-refractivity contribution in [3.63, 3.8) is 0 Å². The number of nitrogens with one attached hydrogen (secondary N) is 1. The van der Waals surface area contributed by atoms with Crippen LogP contribution < -0.4 is 11.1 Å². The number of nitrogens with two attached hydrogens (primary N) is 1. The summed E-state index contributed by atoms with van der Waals surface area (Å²) < 4.78 is 5.66. The molecule has 2 amide bonds. The monoisotopic (exact) mass is 376 g/mol. The third-order valence-electron chi connectivity index (χ3n) is 7.63. The lowest BCUT2D eigenvalue weighted by Gasteiger charge is -2.56. The minimum Gasteiger partial charge on any atom is -0.454 e. The highest BCUT2D eigenvalue weighted by atomic mass is 16.5. The smallest absolute Gasteiger partial charge is 0.312 e. The SMILES string of the molecule is CC(OC(=O)C1CCC(NC(N)=O)CC1)C(=O)C12CC3CC(CC(C3)C1)C2. The second-order valence-corrected chi connectivity index (χ2v) is 9.70. The fourth-order valence-electron chi connectivity index (χ4n) is 6.84. The van der Waals surface area contributed by atoms with Crippen LogP contribution in [-0.4, -0.2) is 29.9 Å². The Kier molecular flexibility index (Phi) is 4.93. The van der Waals surface area contributed by atoms with Crippen LogP contribution in [0, 0.1) is 29.1 Å². The first-order valence-corrected chi connectivity index (χ1v) is 10.7. The number of primary amides is 1. The van der Waals surface area contributed by atoms with Gasteiger partial charge in [0.2, 0.25) is 0 Å². The van der Waals surface area contributed by atoms with Crippen LogP contribution in [-0.2, 0) is 14.3 Å². The molecule has 5 rings (SSSR count). The predicted octanol–water partition coefficient (Wildman–Crippen LogP) is 2.93. The Morgan fingerprint density at radius 3 is 1.96 bits per heavy atom. The van der Waals surface area contributed by atoms with Gasteiger partial charge >= 0.3 is 12.0 Å². The molecule has 6 heteroatoms. The number of esters is 1. The fraction of sp³-hybridized carbons (Fsp3) is 0.857. The van der Waals surface area contributed by atoms with E-state index in [1.165, 1.54) is 19.3 Å². The number of ketones is 1. The van der Waals surface area contributed by atoms with Crippen molar-refractivity contribution in [1.29, 1.82) is 0 Å². The first-order chi connectivity index (χ1) is 12.8. The summed E-state index contributed by atoms with van der Waals surface area (Å²) in [5.41, 5.74) is 4.94. The van der Waals surface area contributed by atoms with Crippen LogP contribution in [0.2, 0.25) is 0 Å². The van der Waals surface area contributed by atoms with Gasteiger partial charge in [0.05, 0.1) is 5.92 Å². The van der Waals surface area contributed by atoms with Crippen molar-refractivity contribution >= 4 is 17.8 Å². The zero-order valence-electron chi connectivity index (χ0n) is 16.2. The van der Waals surface area contributed by atoms with Gasteiger partial charge in [0, 0.05) is 11.5 Å². The Hall–Kier alpha value is -1.59. The quantitative estimate of drug-likeness (QED) is 0.721. The summed E-state index contributed by atoms with van der Waals surface area (Å²) in [5.74, 6) is 1.85. The van der Waals surface area contributed by atoms with Gasteiger partial charge in [0.25, 0.3) is 0 Å². The third kappa shape index (κ3) is 3.72. The van der Waals surface area contributed by atoms with E-state index in [9.17, 15) is 14.4 Å². The van der Waals surface area contributed by atoms with Gasteiger partial charge < -0.3 is 15.8 Å². The lowest BCUT2D eigenvalue weighted by Crippen LogP contribution is -2.53. The Balaban J connectivity index is 1.31. The van der Waals surface area contributed by atoms with Crippen LogP contribution in [0.15, 0.2) is 0 Å². The van der Waals surface area contributed by atoms with Crippen molar-refractivity contribution in [2.45, 2.75) is 83.3 Å². The van der Waals surface area contributed by atoms with Crippen LogP contribution in [0.25, 0.3) is 0 Å². The molecule has 0 aromatic carbocycles. The van der Waals surface area contributed by atoms with E-state index >= 15 is 0 Å². The van der Waals surface area contributed by atoms with Crippen LogP contribution in [0.5, 0.6) is 0 Å². The van der Waals surface area contributed by atoms with E-state index in [-0.39, 0.29) is 29.1 Å². The normalized spacial score (nSPS) is 41.0. The van der Waals surface area contributed by atoms with E-state index in [1.807, 2.05) is 0 Å². The lowest BCUT2D eigenvalue weighted by molar-refractivity contribution is -0.168. The first-order valence-electron chi connectivity index (χ1n) is 10.7. The molecule has 0 spiro atoms. The molecule has 1 atom stereocenters. The highest BCUT2D eigenvalue weighted by Gasteiger charge is 2.55. The van der Waals surface area contributed by atoms with Crippen molar-refractivity contribution in [2.75, 3.05) is 0 Å². The molecule has 150 valence electrons. The standard InChI is InChI=1S/C21H32N2O4/c1-12(27-19(25)16-2-4-17(5-3-16)23-20(22)26)18(24)21-9-13-6-14(10-21)8-15(7-13)11-21/h12-17H,2-11H2,1H3,(H3,22,23,26).